The summed E-state index contributed by atoms with van der Waals surface area (Å²) in [6, 6.07) is 6.49. The molecule has 0 saturated heterocycles. The van der Waals surface area contributed by atoms with E-state index in [0.717, 1.165) is 12.3 Å². The minimum atomic E-state index is 0.860. The number of benzene rings is 1. The van der Waals surface area contributed by atoms with Crippen LogP contribution in [0.2, 0.25) is 0 Å². The first-order valence-electron chi connectivity index (χ1n) is 4.73. The fraction of sp³-hybridized carbons (Fsp3) is 0.417. The fourth-order valence-electron chi connectivity index (χ4n) is 1.29. The molecule has 0 unspecified atom stereocenters. The maximum atomic E-state index is 4.38. The molecular weight excluding hydrogens is 158 g/mol. The van der Waals surface area contributed by atoms with Crippen molar-refractivity contribution < 1.29 is 0 Å². The van der Waals surface area contributed by atoms with Gasteiger partial charge in [0.25, 0.3) is 0 Å². The Labute approximate surface area is 80.5 Å². The Balaban J connectivity index is 3.04. The quantitative estimate of drug-likeness (QED) is 0.612. The van der Waals surface area contributed by atoms with Gasteiger partial charge in [0.05, 0.1) is 0 Å². The second kappa shape index (κ2) is 4.22. The van der Waals surface area contributed by atoms with E-state index in [1.807, 2.05) is 0 Å². The smallest absolute Gasteiger partial charge is 0.0389 e. The van der Waals surface area contributed by atoms with Crippen LogP contribution in [0.15, 0.2) is 23.2 Å². The number of hydrogen-bond acceptors (Lipinski definition) is 1. The summed E-state index contributed by atoms with van der Waals surface area (Å²) in [5, 5.41) is 0. The van der Waals surface area contributed by atoms with Crippen molar-refractivity contribution in [1.29, 1.82) is 0 Å². The van der Waals surface area contributed by atoms with E-state index in [0.29, 0.717) is 0 Å². The lowest BCUT2D eigenvalue weighted by Gasteiger charge is -2.04. The van der Waals surface area contributed by atoms with Crippen molar-refractivity contribution >= 4 is 5.71 Å². The summed E-state index contributed by atoms with van der Waals surface area (Å²) in [4.78, 5) is 4.38. The molecule has 0 aliphatic heterocycles. The van der Waals surface area contributed by atoms with E-state index >= 15 is 0 Å². The van der Waals surface area contributed by atoms with E-state index in [4.69, 9.17) is 0 Å². The Bertz CT molecular complexity index is 324. The Morgan fingerprint density at radius 2 is 1.92 bits per heavy atom. The van der Waals surface area contributed by atoms with Crippen LogP contribution in [0.25, 0.3) is 0 Å². The molecule has 1 rings (SSSR count). The molecule has 1 aromatic rings. The lowest BCUT2D eigenvalue weighted by Crippen LogP contribution is -1.96. The highest BCUT2D eigenvalue weighted by Crippen LogP contribution is 2.10. The Kier molecular flexibility index (Phi) is 3.24. The Hall–Kier alpha value is -1.11. The zero-order valence-electron chi connectivity index (χ0n) is 8.89. The van der Waals surface area contributed by atoms with Gasteiger partial charge in [0.15, 0.2) is 0 Å². The molecule has 0 bridgehead atoms. The number of aryl methyl sites for hydroxylation is 2. The summed E-state index contributed by atoms with van der Waals surface area (Å²) in [5.74, 6) is 0. The summed E-state index contributed by atoms with van der Waals surface area (Å²) >= 11 is 0. The van der Waals surface area contributed by atoms with E-state index in [1.54, 1.807) is 0 Å². The molecule has 0 N–H and O–H groups in total. The monoisotopic (exact) mass is 175 g/mol. The molecule has 0 aliphatic carbocycles. The lowest BCUT2D eigenvalue weighted by atomic mass is 10.0. The number of rotatable bonds is 2. The number of nitrogens with zero attached hydrogens (tertiary/aromatic N) is 1. The summed E-state index contributed by atoms with van der Waals surface area (Å²) in [6.45, 7) is 9.25. The van der Waals surface area contributed by atoms with Gasteiger partial charge in [-0.3, -0.25) is 4.99 Å². The van der Waals surface area contributed by atoms with Crippen LogP contribution >= 0.6 is 0 Å². The second-order valence-electron chi connectivity index (χ2n) is 3.36. The normalized spacial score (nSPS) is 11.8. The minimum absolute atomic E-state index is 0.860. The van der Waals surface area contributed by atoms with Gasteiger partial charge >= 0.3 is 0 Å². The van der Waals surface area contributed by atoms with Gasteiger partial charge in [-0.05, 0) is 50.5 Å². The maximum absolute atomic E-state index is 4.38. The SMILES string of the molecule is CC/N=C(\C)c1ccc(C)c(C)c1. The van der Waals surface area contributed by atoms with Crippen LogP contribution in [0, 0.1) is 13.8 Å². The fourth-order valence-corrected chi connectivity index (χ4v) is 1.29. The maximum Gasteiger partial charge on any atom is 0.0389 e. The van der Waals surface area contributed by atoms with Crippen molar-refractivity contribution in [2.45, 2.75) is 27.7 Å². The Morgan fingerprint density at radius 3 is 2.46 bits per heavy atom. The molecule has 70 valence electrons. The predicted octanol–water partition coefficient (Wildman–Crippen LogP) is 3.13. The van der Waals surface area contributed by atoms with Gasteiger partial charge in [0.2, 0.25) is 0 Å². The topological polar surface area (TPSA) is 12.4 Å². The number of aliphatic imine (C=N–C) groups is 1. The van der Waals surface area contributed by atoms with Gasteiger partial charge in [-0.15, -0.1) is 0 Å². The summed E-state index contributed by atoms with van der Waals surface area (Å²) in [5.41, 5.74) is 5.05. The van der Waals surface area contributed by atoms with Crippen LogP contribution in [0.3, 0.4) is 0 Å². The molecule has 0 saturated carbocycles. The van der Waals surface area contributed by atoms with Crippen LogP contribution in [0.4, 0.5) is 0 Å². The van der Waals surface area contributed by atoms with E-state index in [-0.39, 0.29) is 0 Å². The van der Waals surface area contributed by atoms with Gasteiger partial charge in [-0.1, -0.05) is 12.1 Å². The van der Waals surface area contributed by atoms with E-state index in [2.05, 4.69) is 50.9 Å². The predicted molar refractivity (Wildman–Crippen MR) is 58.7 cm³/mol. The van der Waals surface area contributed by atoms with Gasteiger partial charge in [-0.2, -0.15) is 0 Å². The van der Waals surface area contributed by atoms with Gasteiger partial charge in [0, 0.05) is 12.3 Å². The third-order valence-corrected chi connectivity index (χ3v) is 2.32. The first-order valence-corrected chi connectivity index (χ1v) is 4.73. The molecule has 1 heteroatoms. The molecule has 0 aliphatic rings. The molecule has 1 aromatic carbocycles. The van der Waals surface area contributed by atoms with Crippen molar-refractivity contribution in [2.75, 3.05) is 6.54 Å². The van der Waals surface area contributed by atoms with Crippen LogP contribution in [-0.4, -0.2) is 12.3 Å². The van der Waals surface area contributed by atoms with Crippen molar-refractivity contribution in [3.8, 4) is 0 Å². The average molecular weight is 175 g/mol. The molecule has 0 radical (unpaired) electrons. The van der Waals surface area contributed by atoms with Gasteiger partial charge < -0.3 is 0 Å². The van der Waals surface area contributed by atoms with E-state index in [9.17, 15) is 0 Å². The Morgan fingerprint density at radius 1 is 1.23 bits per heavy atom. The highest BCUT2D eigenvalue weighted by Gasteiger charge is 1.98. The van der Waals surface area contributed by atoms with Crippen molar-refractivity contribution in [3.05, 3.63) is 34.9 Å². The van der Waals surface area contributed by atoms with Gasteiger partial charge in [0.1, 0.15) is 0 Å². The third-order valence-electron chi connectivity index (χ3n) is 2.32. The molecule has 0 aromatic heterocycles. The molecule has 13 heavy (non-hydrogen) atoms. The summed E-state index contributed by atoms with van der Waals surface area (Å²) in [6.07, 6.45) is 0. The second-order valence-corrected chi connectivity index (χ2v) is 3.36. The van der Waals surface area contributed by atoms with E-state index < -0.39 is 0 Å². The molecule has 0 spiro atoms. The zero-order chi connectivity index (χ0) is 9.84. The van der Waals surface area contributed by atoms with Crippen LogP contribution in [0.1, 0.15) is 30.5 Å². The molecule has 0 fully saturated rings. The molecular formula is C12H17N. The molecule has 1 nitrogen and oxygen atoms in total. The van der Waals surface area contributed by atoms with Crippen molar-refractivity contribution in [2.24, 2.45) is 4.99 Å². The lowest BCUT2D eigenvalue weighted by molar-refractivity contribution is 1.12. The number of hydrogen-bond donors (Lipinski definition) is 0. The average Bonchev–Trinajstić information content (AvgIpc) is 2.10. The zero-order valence-corrected chi connectivity index (χ0v) is 8.89. The van der Waals surface area contributed by atoms with Gasteiger partial charge in [-0.25, -0.2) is 0 Å². The van der Waals surface area contributed by atoms with Crippen LogP contribution in [0.5, 0.6) is 0 Å². The molecule has 0 heterocycles. The third kappa shape index (κ3) is 2.41. The standard InChI is InChI=1S/C12H17N/c1-5-13-11(4)12-7-6-9(2)10(3)8-12/h6-8H,5H2,1-4H3/b13-11+. The van der Waals surface area contributed by atoms with Crippen molar-refractivity contribution in [3.63, 3.8) is 0 Å². The molecule has 0 atom stereocenters. The summed E-state index contributed by atoms with van der Waals surface area (Å²) in [7, 11) is 0. The van der Waals surface area contributed by atoms with Crippen LogP contribution < -0.4 is 0 Å². The minimum Gasteiger partial charge on any atom is -0.290 e. The first kappa shape index (κ1) is 9.97. The largest absolute Gasteiger partial charge is 0.290 e. The molecule has 0 amide bonds. The van der Waals surface area contributed by atoms with Crippen molar-refractivity contribution in [1.82, 2.24) is 0 Å². The summed E-state index contributed by atoms with van der Waals surface area (Å²) < 4.78 is 0. The van der Waals surface area contributed by atoms with Crippen LogP contribution in [-0.2, 0) is 0 Å². The highest BCUT2D eigenvalue weighted by molar-refractivity contribution is 5.98. The highest BCUT2D eigenvalue weighted by atomic mass is 14.7. The van der Waals surface area contributed by atoms with E-state index in [1.165, 1.54) is 16.7 Å². The first-order chi connectivity index (χ1) is 6.15.